The van der Waals surface area contributed by atoms with Crippen molar-refractivity contribution >= 4 is 22.8 Å². The highest BCUT2D eigenvalue weighted by Gasteiger charge is 2.67. The number of imidazole rings is 1. The molecule has 1 N–H and O–H groups in total. The van der Waals surface area contributed by atoms with Gasteiger partial charge in [-0.1, -0.05) is 24.3 Å². The van der Waals surface area contributed by atoms with Gasteiger partial charge < -0.3 is 19.5 Å². The fraction of sp³-hybridized carbons (Fsp3) is 0.500. The van der Waals surface area contributed by atoms with Crippen LogP contribution in [0.15, 0.2) is 36.4 Å². The number of fused-ring (bicyclic) bond motifs is 2. The van der Waals surface area contributed by atoms with E-state index >= 15 is 0 Å². The Morgan fingerprint density at radius 3 is 2.93 bits per heavy atom. The number of para-hydroxylation sites is 2. The Bertz CT molecular complexity index is 1030. The van der Waals surface area contributed by atoms with Crippen LogP contribution in [0.1, 0.15) is 26.6 Å². The topological polar surface area (TPSA) is 76.5 Å². The van der Waals surface area contributed by atoms with Crippen molar-refractivity contribution in [1.82, 2.24) is 19.8 Å². The van der Waals surface area contributed by atoms with Crippen molar-refractivity contribution in [3.05, 3.63) is 42.2 Å². The number of benzene rings is 1. The summed E-state index contributed by atoms with van der Waals surface area (Å²) in [6, 6.07) is 8.05. The van der Waals surface area contributed by atoms with E-state index in [9.17, 15) is 9.59 Å². The van der Waals surface area contributed by atoms with Crippen molar-refractivity contribution in [2.45, 2.75) is 51.6 Å². The summed E-state index contributed by atoms with van der Waals surface area (Å²) in [7, 11) is 0. The van der Waals surface area contributed by atoms with Crippen molar-refractivity contribution in [3.63, 3.8) is 0 Å². The van der Waals surface area contributed by atoms with E-state index in [4.69, 9.17) is 4.74 Å². The number of aryl methyl sites for hydroxylation is 1. The normalized spacial score (nSPS) is 30.0. The van der Waals surface area contributed by atoms with Crippen LogP contribution < -0.4 is 5.32 Å². The number of likely N-dealkylation sites (tertiary alicyclic amines) is 1. The van der Waals surface area contributed by atoms with Gasteiger partial charge in [0.15, 0.2) is 0 Å². The lowest BCUT2D eigenvalue weighted by molar-refractivity contribution is -0.138. The molecular formula is C22H26N4O3. The van der Waals surface area contributed by atoms with E-state index in [2.05, 4.69) is 21.8 Å². The summed E-state index contributed by atoms with van der Waals surface area (Å²) in [6.07, 6.45) is 3.60. The molecule has 2 amide bonds. The summed E-state index contributed by atoms with van der Waals surface area (Å²) in [6.45, 7) is 7.69. The second-order valence-corrected chi connectivity index (χ2v) is 8.44. The van der Waals surface area contributed by atoms with Crippen LogP contribution >= 0.6 is 0 Å². The monoisotopic (exact) mass is 394 g/mol. The van der Waals surface area contributed by atoms with E-state index < -0.39 is 17.4 Å². The Hall–Kier alpha value is -2.67. The van der Waals surface area contributed by atoms with Crippen LogP contribution in [0.25, 0.3) is 11.0 Å². The number of nitrogens with one attached hydrogen (secondary N) is 1. The molecule has 1 aromatic carbocycles. The van der Waals surface area contributed by atoms with E-state index in [1.807, 2.05) is 55.2 Å². The summed E-state index contributed by atoms with van der Waals surface area (Å²) >= 11 is 0. The van der Waals surface area contributed by atoms with Gasteiger partial charge in [-0.3, -0.25) is 9.59 Å². The molecule has 0 radical (unpaired) electrons. The maximum absolute atomic E-state index is 13.2. The smallest absolute Gasteiger partial charge is 0.230 e. The molecule has 0 saturated carbocycles. The van der Waals surface area contributed by atoms with E-state index in [1.54, 1.807) is 0 Å². The maximum Gasteiger partial charge on any atom is 0.230 e. The van der Waals surface area contributed by atoms with Gasteiger partial charge in [0, 0.05) is 12.6 Å². The SMILES string of the molecule is CCn1c(CNC(=O)[C@H]2[C@H]3C=C[C@@]4(CN(C(C)C)C(=O)[C@@H]24)O3)nc2ccccc21. The van der Waals surface area contributed by atoms with Crippen LogP contribution in [-0.4, -0.2) is 50.6 Å². The zero-order chi connectivity index (χ0) is 20.3. The van der Waals surface area contributed by atoms with Crippen LogP contribution in [-0.2, 0) is 27.4 Å². The molecule has 2 fully saturated rings. The van der Waals surface area contributed by atoms with E-state index in [-0.39, 0.29) is 24.0 Å². The molecule has 7 heteroatoms. The number of hydrogen-bond acceptors (Lipinski definition) is 4. The Morgan fingerprint density at radius 1 is 1.38 bits per heavy atom. The van der Waals surface area contributed by atoms with Gasteiger partial charge >= 0.3 is 0 Å². The first-order valence-electron chi connectivity index (χ1n) is 10.3. The standard InChI is InChI=1S/C22H26N4O3/c1-4-25-15-8-6-5-7-14(15)24-17(25)11-23-20(27)18-16-9-10-22(29-16)12-26(13(2)3)21(28)19(18)22/h5-10,13,16,18-19H,4,11-12H2,1-3H3,(H,23,27)/t16-,18+,19-,22+/m1/s1. The summed E-state index contributed by atoms with van der Waals surface area (Å²) < 4.78 is 8.26. The predicted octanol–water partition coefficient (Wildman–Crippen LogP) is 1.86. The third-order valence-corrected chi connectivity index (χ3v) is 6.53. The fourth-order valence-electron chi connectivity index (χ4n) is 5.16. The molecule has 3 aliphatic rings. The molecule has 2 aromatic rings. The minimum Gasteiger partial charge on any atom is -0.360 e. The predicted molar refractivity (Wildman–Crippen MR) is 108 cm³/mol. The largest absolute Gasteiger partial charge is 0.360 e. The van der Waals surface area contributed by atoms with Crippen LogP contribution in [0.5, 0.6) is 0 Å². The number of ether oxygens (including phenoxy) is 1. The molecule has 29 heavy (non-hydrogen) atoms. The summed E-state index contributed by atoms with van der Waals surface area (Å²) in [4.78, 5) is 32.7. The van der Waals surface area contributed by atoms with Crippen molar-refractivity contribution in [2.75, 3.05) is 6.54 Å². The van der Waals surface area contributed by atoms with Gasteiger partial charge in [0.05, 0.1) is 42.1 Å². The molecule has 5 rings (SSSR count). The zero-order valence-electron chi connectivity index (χ0n) is 17.0. The van der Waals surface area contributed by atoms with Gasteiger partial charge in [-0.2, -0.15) is 0 Å². The van der Waals surface area contributed by atoms with Crippen molar-refractivity contribution in [3.8, 4) is 0 Å². The number of amides is 2. The summed E-state index contributed by atoms with van der Waals surface area (Å²) in [5.41, 5.74) is 1.33. The third kappa shape index (κ3) is 2.56. The molecule has 1 spiro atoms. The van der Waals surface area contributed by atoms with Crippen LogP contribution in [0, 0.1) is 11.8 Å². The van der Waals surface area contributed by atoms with Gasteiger partial charge in [-0.15, -0.1) is 0 Å². The molecule has 4 atom stereocenters. The zero-order valence-corrected chi connectivity index (χ0v) is 17.0. The number of aromatic nitrogens is 2. The lowest BCUT2D eigenvalue weighted by atomic mass is 9.77. The summed E-state index contributed by atoms with van der Waals surface area (Å²) in [5.74, 6) is -0.230. The quantitative estimate of drug-likeness (QED) is 0.786. The van der Waals surface area contributed by atoms with Crippen molar-refractivity contribution < 1.29 is 14.3 Å². The average molecular weight is 394 g/mol. The van der Waals surface area contributed by atoms with E-state index in [1.165, 1.54) is 0 Å². The Balaban J connectivity index is 1.37. The van der Waals surface area contributed by atoms with Gasteiger partial charge in [0.2, 0.25) is 11.8 Å². The molecular weight excluding hydrogens is 368 g/mol. The maximum atomic E-state index is 13.2. The van der Waals surface area contributed by atoms with E-state index in [0.717, 1.165) is 23.4 Å². The van der Waals surface area contributed by atoms with Gasteiger partial charge in [-0.25, -0.2) is 4.98 Å². The number of carbonyl (C=O) groups is 2. The van der Waals surface area contributed by atoms with Crippen LogP contribution in [0.4, 0.5) is 0 Å². The first-order valence-corrected chi connectivity index (χ1v) is 10.3. The highest BCUT2D eigenvalue weighted by Crippen LogP contribution is 2.52. The number of nitrogens with zero attached hydrogens (tertiary/aromatic N) is 3. The fourth-order valence-corrected chi connectivity index (χ4v) is 5.16. The Morgan fingerprint density at radius 2 is 2.17 bits per heavy atom. The van der Waals surface area contributed by atoms with Crippen molar-refractivity contribution in [1.29, 1.82) is 0 Å². The first-order chi connectivity index (χ1) is 13.9. The second kappa shape index (κ2) is 6.42. The van der Waals surface area contributed by atoms with Gasteiger partial charge in [0.25, 0.3) is 0 Å². The minimum atomic E-state index is -0.648. The molecule has 4 heterocycles. The van der Waals surface area contributed by atoms with Gasteiger partial charge in [-0.05, 0) is 32.9 Å². The van der Waals surface area contributed by atoms with Crippen LogP contribution in [0.3, 0.4) is 0 Å². The second-order valence-electron chi connectivity index (χ2n) is 8.44. The molecule has 3 aliphatic heterocycles. The Kier molecular flexibility index (Phi) is 4.07. The molecule has 152 valence electrons. The average Bonchev–Trinajstić information content (AvgIpc) is 3.43. The van der Waals surface area contributed by atoms with E-state index in [0.29, 0.717) is 13.1 Å². The van der Waals surface area contributed by atoms with Crippen molar-refractivity contribution in [2.24, 2.45) is 11.8 Å². The van der Waals surface area contributed by atoms with Gasteiger partial charge in [0.1, 0.15) is 11.4 Å². The van der Waals surface area contributed by atoms with Crippen LogP contribution in [0.2, 0.25) is 0 Å². The minimum absolute atomic E-state index is 0.0211. The highest BCUT2D eigenvalue weighted by atomic mass is 16.5. The third-order valence-electron chi connectivity index (χ3n) is 6.53. The highest BCUT2D eigenvalue weighted by molar-refractivity contribution is 5.93. The lowest BCUT2D eigenvalue weighted by Gasteiger charge is -2.24. The molecule has 2 bridgehead atoms. The molecule has 0 aliphatic carbocycles. The molecule has 2 saturated heterocycles. The Labute approximate surface area is 169 Å². The number of rotatable bonds is 5. The lowest BCUT2D eigenvalue weighted by Crippen LogP contribution is -2.44. The number of carbonyl (C=O) groups excluding carboxylic acids is 2. The summed E-state index contributed by atoms with van der Waals surface area (Å²) in [5, 5.41) is 3.03. The first kappa shape index (κ1) is 18.4. The molecule has 7 nitrogen and oxygen atoms in total. The number of hydrogen-bond donors (Lipinski definition) is 1. The molecule has 1 aromatic heterocycles. The molecule has 0 unspecified atom stereocenters.